The van der Waals surface area contributed by atoms with Crippen molar-refractivity contribution >= 4 is 11.9 Å². The fourth-order valence-electron chi connectivity index (χ4n) is 4.45. The zero-order valence-electron chi connectivity index (χ0n) is 12.6. The highest BCUT2D eigenvalue weighted by Crippen LogP contribution is 2.56. The number of amides is 1. The van der Waals surface area contributed by atoms with Crippen LogP contribution in [-0.2, 0) is 17.8 Å². The summed E-state index contributed by atoms with van der Waals surface area (Å²) in [7, 11) is 0. The fraction of sp³-hybridized carbons (Fsp3) is 0.556. The molecule has 4 nitrogen and oxygen atoms in total. The van der Waals surface area contributed by atoms with Crippen LogP contribution in [0.1, 0.15) is 47.2 Å². The van der Waals surface area contributed by atoms with Crippen molar-refractivity contribution in [1.82, 2.24) is 4.90 Å². The lowest BCUT2D eigenvalue weighted by atomic mass is 9.97. The number of fused-ring (bicyclic) bond motifs is 2. The van der Waals surface area contributed by atoms with Crippen LogP contribution in [0.3, 0.4) is 0 Å². The van der Waals surface area contributed by atoms with Gasteiger partial charge in [0.2, 0.25) is 5.91 Å². The number of benzene rings is 1. The van der Waals surface area contributed by atoms with Crippen LogP contribution in [0, 0.1) is 17.8 Å². The third kappa shape index (κ3) is 2.21. The smallest absolute Gasteiger partial charge is 0.335 e. The number of rotatable bonds is 2. The second kappa shape index (κ2) is 5.11. The fourth-order valence-corrected chi connectivity index (χ4v) is 4.45. The number of nitrogens with zero attached hydrogens (tertiary/aromatic N) is 1. The van der Waals surface area contributed by atoms with Crippen molar-refractivity contribution in [2.45, 2.75) is 38.6 Å². The van der Waals surface area contributed by atoms with Crippen molar-refractivity contribution in [1.29, 1.82) is 0 Å². The van der Waals surface area contributed by atoms with Crippen LogP contribution in [0.15, 0.2) is 18.2 Å². The van der Waals surface area contributed by atoms with E-state index in [0.29, 0.717) is 29.9 Å². The molecule has 1 aromatic carbocycles. The van der Waals surface area contributed by atoms with Gasteiger partial charge in [-0.3, -0.25) is 4.79 Å². The van der Waals surface area contributed by atoms with Crippen molar-refractivity contribution in [2.24, 2.45) is 17.8 Å². The molecule has 22 heavy (non-hydrogen) atoms. The van der Waals surface area contributed by atoms with Crippen molar-refractivity contribution in [2.75, 3.05) is 6.54 Å². The minimum absolute atomic E-state index is 0.256. The molecule has 0 saturated heterocycles. The predicted molar refractivity (Wildman–Crippen MR) is 81.5 cm³/mol. The van der Waals surface area contributed by atoms with E-state index in [1.54, 1.807) is 12.1 Å². The molecule has 0 radical (unpaired) electrons. The van der Waals surface area contributed by atoms with E-state index in [1.807, 2.05) is 11.0 Å². The molecule has 2 saturated carbocycles. The number of carbonyl (C=O) groups is 2. The first-order valence-corrected chi connectivity index (χ1v) is 8.29. The van der Waals surface area contributed by atoms with Gasteiger partial charge in [0.1, 0.15) is 0 Å². The molecule has 0 aromatic heterocycles. The molecule has 3 aliphatic rings. The molecule has 1 aliphatic heterocycles. The Balaban J connectivity index is 1.50. The van der Waals surface area contributed by atoms with Gasteiger partial charge < -0.3 is 10.0 Å². The molecular weight excluding hydrogens is 278 g/mol. The Hall–Kier alpha value is -1.84. The molecule has 2 unspecified atom stereocenters. The molecule has 1 heterocycles. The van der Waals surface area contributed by atoms with E-state index in [2.05, 4.69) is 0 Å². The summed E-state index contributed by atoms with van der Waals surface area (Å²) < 4.78 is 0. The lowest BCUT2D eigenvalue weighted by molar-refractivity contribution is -0.134. The van der Waals surface area contributed by atoms with E-state index in [1.165, 1.54) is 31.2 Å². The molecule has 4 heteroatoms. The number of aromatic carboxylic acids is 1. The van der Waals surface area contributed by atoms with Crippen LogP contribution in [0.5, 0.6) is 0 Å². The lowest BCUT2D eigenvalue weighted by Gasteiger charge is -2.29. The van der Waals surface area contributed by atoms with Crippen LogP contribution >= 0.6 is 0 Å². The topological polar surface area (TPSA) is 57.6 Å². The van der Waals surface area contributed by atoms with Crippen LogP contribution < -0.4 is 0 Å². The number of carboxylic acid groups (broad SMARTS) is 1. The van der Waals surface area contributed by atoms with E-state index in [4.69, 9.17) is 5.11 Å². The zero-order valence-corrected chi connectivity index (χ0v) is 12.6. The van der Waals surface area contributed by atoms with Crippen molar-refractivity contribution in [3.05, 3.63) is 34.9 Å². The maximum absolute atomic E-state index is 12.8. The number of carboxylic acids is 1. The van der Waals surface area contributed by atoms with Gasteiger partial charge in [-0.25, -0.2) is 4.79 Å². The Kier molecular flexibility index (Phi) is 3.21. The minimum Gasteiger partial charge on any atom is -0.478 e. The van der Waals surface area contributed by atoms with Gasteiger partial charge in [-0.1, -0.05) is 18.9 Å². The van der Waals surface area contributed by atoms with Crippen molar-refractivity contribution in [3.8, 4) is 0 Å². The third-order valence-corrected chi connectivity index (χ3v) is 5.72. The molecule has 0 bridgehead atoms. The Morgan fingerprint density at radius 2 is 1.82 bits per heavy atom. The van der Waals surface area contributed by atoms with E-state index < -0.39 is 5.97 Å². The quantitative estimate of drug-likeness (QED) is 0.913. The first-order chi connectivity index (χ1) is 10.6. The largest absolute Gasteiger partial charge is 0.478 e. The van der Waals surface area contributed by atoms with Gasteiger partial charge >= 0.3 is 5.97 Å². The molecule has 2 fully saturated rings. The van der Waals surface area contributed by atoms with Gasteiger partial charge in [0.15, 0.2) is 0 Å². The Labute approximate surface area is 130 Å². The summed E-state index contributed by atoms with van der Waals surface area (Å²) >= 11 is 0. The maximum Gasteiger partial charge on any atom is 0.335 e. The van der Waals surface area contributed by atoms with E-state index in [9.17, 15) is 9.59 Å². The number of hydrogen-bond donors (Lipinski definition) is 1. The van der Waals surface area contributed by atoms with E-state index in [0.717, 1.165) is 18.5 Å². The van der Waals surface area contributed by atoms with Gasteiger partial charge in [-0.15, -0.1) is 0 Å². The molecule has 0 spiro atoms. The van der Waals surface area contributed by atoms with Gasteiger partial charge in [-0.05, 0) is 54.4 Å². The second-order valence-corrected chi connectivity index (χ2v) is 6.94. The van der Waals surface area contributed by atoms with Gasteiger partial charge in [-0.2, -0.15) is 0 Å². The molecule has 4 rings (SSSR count). The molecule has 2 atom stereocenters. The second-order valence-electron chi connectivity index (χ2n) is 6.94. The van der Waals surface area contributed by atoms with Crippen molar-refractivity contribution < 1.29 is 14.7 Å². The summed E-state index contributed by atoms with van der Waals surface area (Å²) in [6.07, 6.45) is 5.82. The highest BCUT2D eigenvalue weighted by Gasteiger charge is 2.55. The minimum atomic E-state index is -0.903. The zero-order chi connectivity index (χ0) is 15.3. The number of carbonyl (C=O) groups excluding carboxylic acids is 1. The summed E-state index contributed by atoms with van der Waals surface area (Å²) in [5, 5.41) is 9.12. The summed E-state index contributed by atoms with van der Waals surface area (Å²) in [6.45, 7) is 1.35. The third-order valence-electron chi connectivity index (χ3n) is 5.72. The lowest BCUT2D eigenvalue weighted by Crippen LogP contribution is -2.37. The standard InChI is InChI=1S/C18H21NO3/c20-17(16-14-3-1-2-4-15(14)16)19-8-7-11-5-6-12(18(21)22)9-13(11)10-19/h5-6,9,14-16H,1-4,7-8,10H2,(H,21,22). The Morgan fingerprint density at radius 1 is 1.09 bits per heavy atom. The maximum atomic E-state index is 12.8. The summed E-state index contributed by atoms with van der Waals surface area (Å²) in [5.74, 6) is 0.926. The highest BCUT2D eigenvalue weighted by atomic mass is 16.4. The molecule has 2 aliphatic carbocycles. The monoisotopic (exact) mass is 299 g/mol. The first kappa shape index (κ1) is 13.8. The van der Waals surface area contributed by atoms with Crippen LogP contribution in [-0.4, -0.2) is 28.4 Å². The van der Waals surface area contributed by atoms with E-state index in [-0.39, 0.29) is 5.92 Å². The molecular formula is C18H21NO3. The summed E-state index contributed by atoms with van der Waals surface area (Å²) in [6, 6.07) is 5.29. The first-order valence-electron chi connectivity index (χ1n) is 8.29. The van der Waals surface area contributed by atoms with Gasteiger partial charge in [0.25, 0.3) is 0 Å². The SMILES string of the molecule is O=C(O)c1ccc2c(c1)CN(C(=O)C1C3CCCCC31)CC2. The normalized spacial score (nSPS) is 29.5. The van der Waals surface area contributed by atoms with Crippen LogP contribution in [0.2, 0.25) is 0 Å². The summed E-state index contributed by atoms with van der Waals surface area (Å²) in [5.41, 5.74) is 2.50. The van der Waals surface area contributed by atoms with E-state index >= 15 is 0 Å². The Bertz CT molecular complexity index is 627. The summed E-state index contributed by atoms with van der Waals surface area (Å²) in [4.78, 5) is 25.8. The van der Waals surface area contributed by atoms with Gasteiger partial charge in [0.05, 0.1) is 5.56 Å². The molecule has 1 N–H and O–H groups in total. The number of hydrogen-bond acceptors (Lipinski definition) is 2. The highest BCUT2D eigenvalue weighted by molar-refractivity contribution is 5.88. The molecule has 116 valence electrons. The molecule has 1 aromatic rings. The Morgan fingerprint density at radius 3 is 2.50 bits per heavy atom. The van der Waals surface area contributed by atoms with Crippen molar-refractivity contribution in [3.63, 3.8) is 0 Å². The van der Waals surface area contributed by atoms with Crippen LogP contribution in [0.25, 0.3) is 0 Å². The predicted octanol–water partition coefficient (Wildman–Crippen LogP) is 2.71. The molecule has 1 amide bonds. The van der Waals surface area contributed by atoms with Gasteiger partial charge in [0, 0.05) is 19.0 Å². The average Bonchev–Trinajstić information content (AvgIpc) is 3.27. The van der Waals surface area contributed by atoms with Crippen LogP contribution in [0.4, 0.5) is 0 Å². The average molecular weight is 299 g/mol.